The summed E-state index contributed by atoms with van der Waals surface area (Å²) in [7, 11) is 1.42. The molecule has 0 heterocycles. The van der Waals surface area contributed by atoms with Gasteiger partial charge in [0.1, 0.15) is 5.75 Å². The highest BCUT2D eigenvalue weighted by molar-refractivity contribution is 9.10. The molecule has 0 spiro atoms. The number of hydrogen-bond donors (Lipinski definition) is 2. The van der Waals surface area contributed by atoms with Crippen molar-refractivity contribution in [1.82, 2.24) is 5.32 Å². The van der Waals surface area contributed by atoms with Gasteiger partial charge >= 0.3 is 6.18 Å². The Labute approximate surface area is 168 Å². The van der Waals surface area contributed by atoms with Crippen LogP contribution in [0.3, 0.4) is 0 Å². The second kappa shape index (κ2) is 9.09. The van der Waals surface area contributed by atoms with Gasteiger partial charge < -0.3 is 15.8 Å². The third-order valence-electron chi connectivity index (χ3n) is 3.97. The molecule has 2 aromatic rings. The molecule has 0 aromatic heterocycles. The number of hydrogen-bond acceptors (Lipinski definition) is 3. The predicted octanol–water partition coefficient (Wildman–Crippen LogP) is 3.44. The van der Waals surface area contributed by atoms with E-state index in [4.69, 9.17) is 10.5 Å². The van der Waals surface area contributed by atoms with Crippen LogP contribution >= 0.6 is 15.9 Å². The number of carbonyl (C=O) groups excluding carboxylic acids is 2. The van der Waals surface area contributed by atoms with Crippen LogP contribution in [-0.4, -0.2) is 23.8 Å². The molecule has 0 radical (unpaired) electrons. The van der Waals surface area contributed by atoms with Crippen LogP contribution in [0.2, 0.25) is 0 Å². The maximum Gasteiger partial charge on any atom is 0.416 e. The van der Waals surface area contributed by atoms with Crippen LogP contribution in [-0.2, 0) is 23.9 Å². The smallest absolute Gasteiger partial charge is 0.416 e. The molecular formula is C19H18BrF3N2O3. The molecule has 0 aliphatic heterocycles. The lowest BCUT2D eigenvalue weighted by Crippen LogP contribution is -2.26. The van der Waals surface area contributed by atoms with E-state index in [1.807, 2.05) is 0 Å². The first-order chi connectivity index (χ1) is 13.1. The Hall–Kier alpha value is -2.55. The van der Waals surface area contributed by atoms with E-state index in [0.717, 1.165) is 12.1 Å². The van der Waals surface area contributed by atoms with Crippen LogP contribution in [0.25, 0.3) is 0 Å². The first-order valence-electron chi connectivity index (χ1n) is 8.16. The molecule has 2 aromatic carbocycles. The van der Waals surface area contributed by atoms with E-state index >= 15 is 0 Å². The first kappa shape index (κ1) is 21.7. The quantitative estimate of drug-likeness (QED) is 0.623. The Morgan fingerprint density at radius 3 is 2.29 bits per heavy atom. The summed E-state index contributed by atoms with van der Waals surface area (Å²) in [4.78, 5) is 23.1. The summed E-state index contributed by atoms with van der Waals surface area (Å²) in [6, 6.07) is 9.42. The highest BCUT2D eigenvalue weighted by Crippen LogP contribution is 2.29. The molecule has 28 heavy (non-hydrogen) atoms. The Balaban J connectivity index is 2.11. The number of alkyl halides is 4. The molecule has 0 saturated carbocycles. The van der Waals surface area contributed by atoms with Crippen molar-refractivity contribution in [1.29, 1.82) is 0 Å². The number of benzene rings is 2. The first-order valence-corrected chi connectivity index (χ1v) is 9.08. The lowest BCUT2D eigenvalue weighted by molar-refractivity contribution is -0.137. The summed E-state index contributed by atoms with van der Waals surface area (Å²) in [6.45, 7) is 0.0483. The van der Waals surface area contributed by atoms with Crippen LogP contribution in [0.5, 0.6) is 5.75 Å². The normalized spacial score (nSPS) is 12.3. The van der Waals surface area contributed by atoms with Gasteiger partial charge in [-0.15, -0.1) is 0 Å². The number of rotatable bonds is 7. The van der Waals surface area contributed by atoms with Gasteiger partial charge in [0.2, 0.25) is 5.91 Å². The van der Waals surface area contributed by atoms with Gasteiger partial charge in [0.25, 0.3) is 5.91 Å². The van der Waals surface area contributed by atoms with Gasteiger partial charge in [-0.25, -0.2) is 0 Å². The van der Waals surface area contributed by atoms with Crippen LogP contribution in [0.1, 0.15) is 27.0 Å². The molecule has 150 valence electrons. The van der Waals surface area contributed by atoms with E-state index in [1.54, 1.807) is 18.2 Å². The molecule has 3 N–H and O–H groups in total. The molecule has 0 bridgehead atoms. The highest BCUT2D eigenvalue weighted by atomic mass is 79.9. The predicted molar refractivity (Wildman–Crippen MR) is 101 cm³/mol. The summed E-state index contributed by atoms with van der Waals surface area (Å²) >= 11 is 3.17. The van der Waals surface area contributed by atoms with Gasteiger partial charge in [0.15, 0.2) is 0 Å². The van der Waals surface area contributed by atoms with Crippen molar-refractivity contribution in [3.63, 3.8) is 0 Å². The van der Waals surface area contributed by atoms with Crippen molar-refractivity contribution in [3.8, 4) is 5.75 Å². The number of nitrogens with two attached hydrogens (primary N) is 1. The van der Waals surface area contributed by atoms with Crippen molar-refractivity contribution < 1.29 is 27.5 Å². The van der Waals surface area contributed by atoms with E-state index in [1.165, 1.54) is 19.2 Å². The topological polar surface area (TPSA) is 81.4 Å². The van der Waals surface area contributed by atoms with Crippen molar-refractivity contribution in [2.45, 2.75) is 24.0 Å². The second-order valence-corrected chi connectivity index (χ2v) is 7.09. The number of primary amides is 1. The van der Waals surface area contributed by atoms with E-state index in [9.17, 15) is 22.8 Å². The van der Waals surface area contributed by atoms with Gasteiger partial charge in [0.05, 0.1) is 23.1 Å². The third-order valence-corrected chi connectivity index (χ3v) is 4.74. The van der Waals surface area contributed by atoms with Gasteiger partial charge in [-0.3, -0.25) is 9.59 Å². The molecule has 0 fully saturated rings. The standard InChI is InChI=1S/C19H18BrF3N2O3/c1-28-16-7-4-12(9-15(20)17(24)26)8-14(16)18(27)25-10-11-2-5-13(6-3-11)19(21,22)23/h2-8,15H,9-10H2,1H3,(H2,24,26)(H,25,27). The zero-order valence-electron chi connectivity index (χ0n) is 14.8. The fraction of sp³-hybridized carbons (Fsp3) is 0.263. The molecule has 5 nitrogen and oxygen atoms in total. The number of amides is 2. The SMILES string of the molecule is COc1ccc(CC(Br)C(N)=O)cc1C(=O)NCc1ccc(C(F)(F)F)cc1. The fourth-order valence-corrected chi connectivity index (χ4v) is 2.83. The average molecular weight is 459 g/mol. The molecule has 0 aliphatic carbocycles. The third kappa shape index (κ3) is 5.72. The molecule has 2 rings (SSSR count). The minimum atomic E-state index is -4.41. The summed E-state index contributed by atoms with van der Waals surface area (Å²) in [6.07, 6.45) is -4.12. The van der Waals surface area contributed by atoms with Crippen LogP contribution in [0, 0.1) is 0 Å². The van der Waals surface area contributed by atoms with Crippen molar-refractivity contribution in [3.05, 3.63) is 64.7 Å². The molecular weight excluding hydrogens is 441 g/mol. The summed E-state index contributed by atoms with van der Waals surface area (Å²) in [5.41, 5.74) is 5.93. The molecule has 0 aliphatic rings. The largest absolute Gasteiger partial charge is 0.496 e. The zero-order valence-corrected chi connectivity index (χ0v) is 16.4. The number of methoxy groups -OCH3 is 1. The van der Waals surface area contributed by atoms with Gasteiger partial charge in [0, 0.05) is 6.54 Å². The van der Waals surface area contributed by atoms with Crippen molar-refractivity contribution >= 4 is 27.7 Å². The van der Waals surface area contributed by atoms with Crippen LogP contribution < -0.4 is 15.8 Å². The highest BCUT2D eigenvalue weighted by Gasteiger charge is 2.29. The minimum absolute atomic E-state index is 0.0483. The monoisotopic (exact) mass is 458 g/mol. The van der Waals surface area contributed by atoms with Gasteiger partial charge in [-0.2, -0.15) is 13.2 Å². The van der Waals surface area contributed by atoms with Crippen LogP contribution in [0.15, 0.2) is 42.5 Å². The Bertz CT molecular complexity index is 854. The minimum Gasteiger partial charge on any atom is -0.496 e. The number of ether oxygens (including phenoxy) is 1. The Morgan fingerprint density at radius 2 is 1.75 bits per heavy atom. The second-order valence-electron chi connectivity index (χ2n) is 5.99. The molecule has 0 saturated heterocycles. The van der Waals surface area contributed by atoms with Crippen LogP contribution in [0.4, 0.5) is 13.2 Å². The maximum atomic E-state index is 12.6. The Morgan fingerprint density at radius 1 is 1.14 bits per heavy atom. The fourth-order valence-electron chi connectivity index (χ4n) is 2.46. The van der Waals surface area contributed by atoms with E-state index in [-0.39, 0.29) is 12.1 Å². The van der Waals surface area contributed by atoms with E-state index in [0.29, 0.717) is 23.3 Å². The molecule has 9 heteroatoms. The lowest BCUT2D eigenvalue weighted by Gasteiger charge is -2.13. The summed E-state index contributed by atoms with van der Waals surface area (Å²) < 4.78 is 43.0. The lowest BCUT2D eigenvalue weighted by atomic mass is 10.0. The number of nitrogens with one attached hydrogen (secondary N) is 1. The van der Waals surface area contributed by atoms with E-state index in [2.05, 4.69) is 21.2 Å². The maximum absolute atomic E-state index is 12.6. The van der Waals surface area contributed by atoms with E-state index < -0.39 is 28.4 Å². The average Bonchev–Trinajstić information content (AvgIpc) is 2.65. The molecule has 1 atom stereocenters. The number of halogens is 4. The van der Waals surface area contributed by atoms with Gasteiger partial charge in [-0.05, 0) is 41.8 Å². The summed E-state index contributed by atoms with van der Waals surface area (Å²) in [5.74, 6) is -0.646. The summed E-state index contributed by atoms with van der Waals surface area (Å²) in [5, 5.41) is 2.65. The molecule has 1 unspecified atom stereocenters. The Kier molecular flexibility index (Phi) is 7.06. The van der Waals surface area contributed by atoms with Crippen molar-refractivity contribution in [2.24, 2.45) is 5.73 Å². The molecule has 2 amide bonds. The number of carbonyl (C=O) groups is 2. The van der Waals surface area contributed by atoms with Crippen molar-refractivity contribution in [2.75, 3.05) is 7.11 Å². The van der Waals surface area contributed by atoms with Gasteiger partial charge in [-0.1, -0.05) is 34.1 Å². The zero-order chi connectivity index (χ0) is 20.9.